The van der Waals surface area contributed by atoms with Gasteiger partial charge in [0.05, 0.1) is 19.0 Å². The largest absolute Gasteiger partial charge is 0.504 e. The Morgan fingerprint density at radius 1 is 1.11 bits per heavy atom. The lowest BCUT2D eigenvalue weighted by Crippen LogP contribution is -2.29. The summed E-state index contributed by atoms with van der Waals surface area (Å²) in [6.07, 6.45) is 3.79. The maximum atomic E-state index is 12.1. The zero-order valence-electron chi connectivity index (χ0n) is 14.2. The highest BCUT2D eigenvalue weighted by molar-refractivity contribution is 6.28. The highest BCUT2D eigenvalue weighted by atomic mass is 16.5. The third kappa shape index (κ3) is 3.84. The topological polar surface area (TPSA) is 108 Å². The smallest absolute Gasteiger partial charge is 0.271 e. The molecule has 2 N–H and O–H groups in total. The number of rotatable bonds is 5. The van der Waals surface area contributed by atoms with Crippen LogP contribution in [-0.2, 0) is 9.59 Å². The summed E-state index contributed by atoms with van der Waals surface area (Å²) < 4.78 is 5.00. The molecular formula is C19H15N3O5. The van der Waals surface area contributed by atoms with Crippen LogP contribution in [0.15, 0.2) is 59.7 Å². The van der Waals surface area contributed by atoms with E-state index in [4.69, 9.17) is 4.74 Å². The van der Waals surface area contributed by atoms with Crippen molar-refractivity contribution in [1.82, 2.24) is 5.43 Å². The fourth-order valence-electron chi connectivity index (χ4n) is 2.42. The van der Waals surface area contributed by atoms with E-state index in [1.165, 1.54) is 55.8 Å². The van der Waals surface area contributed by atoms with Crippen molar-refractivity contribution in [3.8, 4) is 11.5 Å². The molecule has 3 amide bonds. The molecule has 1 heterocycles. The van der Waals surface area contributed by atoms with Crippen LogP contribution in [0.1, 0.15) is 15.9 Å². The number of ether oxygens (including phenoxy) is 1. The molecule has 0 spiro atoms. The second-order valence-corrected chi connectivity index (χ2v) is 5.52. The summed E-state index contributed by atoms with van der Waals surface area (Å²) in [6, 6.07) is 10.6. The SMILES string of the molecule is COc1cc(/C=N/NC(=O)c2ccc(N3C(=O)C=CC3=O)cc2)ccc1O. The lowest BCUT2D eigenvalue weighted by Gasteiger charge is -2.13. The van der Waals surface area contributed by atoms with E-state index in [2.05, 4.69) is 10.5 Å². The highest BCUT2D eigenvalue weighted by Crippen LogP contribution is 2.25. The summed E-state index contributed by atoms with van der Waals surface area (Å²) in [7, 11) is 1.43. The molecule has 8 nitrogen and oxygen atoms in total. The van der Waals surface area contributed by atoms with E-state index >= 15 is 0 Å². The van der Waals surface area contributed by atoms with Gasteiger partial charge in [-0.05, 0) is 48.0 Å². The number of benzene rings is 2. The van der Waals surface area contributed by atoms with E-state index in [0.29, 0.717) is 22.6 Å². The molecule has 0 aromatic heterocycles. The van der Waals surface area contributed by atoms with Crippen LogP contribution >= 0.6 is 0 Å². The van der Waals surface area contributed by atoms with E-state index in [0.717, 1.165) is 4.90 Å². The van der Waals surface area contributed by atoms with Gasteiger partial charge in [0, 0.05) is 17.7 Å². The monoisotopic (exact) mass is 365 g/mol. The molecule has 0 saturated heterocycles. The van der Waals surface area contributed by atoms with Crippen molar-refractivity contribution >= 4 is 29.6 Å². The van der Waals surface area contributed by atoms with Crippen LogP contribution in [0.3, 0.4) is 0 Å². The highest BCUT2D eigenvalue weighted by Gasteiger charge is 2.25. The Balaban J connectivity index is 1.64. The number of hydrogen-bond donors (Lipinski definition) is 2. The maximum Gasteiger partial charge on any atom is 0.271 e. The molecule has 2 aromatic rings. The molecule has 0 aliphatic carbocycles. The Labute approximate surface area is 154 Å². The van der Waals surface area contributed by atoms with Crippen molar-refractivity contribution in [3.63, 3.8) is 0 Å². The number of hydrogen-bond acceptors (Lipinski definition) is 6. The number of phenols is 1. The summed E-state index contributed by atoms with van der Waals surface area (Å²) in [6.45, 7) is 0. The minimum atomic E-state index is -0.458. The summed E-state index contributed by atoms with van der Waals surface area (Å²) >= 11 is 0. The number of methoxy groups -OCH3 is 1. The normalized spacial score (nSPS) is 13.4. The van der Waals surface area contributed by atoms with E-state index in [-0.39, 0.29) is 5.75 Å². The van der Waals surface area contributed by atoms with Gasteiger partial charge in [0.2, 0.25) is 0 Å². The van der Waals surface area contributed by atoms with Gasteiger partial charge in [0.25, 0.3) is 17.7 Å². The first-order valence-corrected chi connectivity index (χ1v) is 7.86. The number of carbonyl (C=O) groups excluding carboxylic acids is 3. The van der Waals surface area contributed by atoms with Crippen LogP contribution in [0.2, 0.25) is 0 Å². The summed E-state index contributed by atoms with van der Waals surface area (Å²) in [4.78, 5) is 36.4. The summed E-state index contributed by atoms with van der Waals surface area (Å²) in [5.41, 5.74) is 3.69. The molecule has 8 heteroatoms. The first-order valence-electron chi connectivity index (χ1n) is 7.86. The van der Waals surface area contributed by atoms with Crippen molar-refractivity contribution < 1.29 is 24.2 Å². The molecule has 0 atom stereocenters. The Kier molecular flexibility index (Phi) is 4.98. The number of carbonyl (C=O) groups is 3. The first-order chi connectivity index (χ1) is 13.0. The maximum absolute atomic E-state index is 12.1. The van der Waals surface area contributed by atoms with Crippen molar-refractivity contribution in [1.29, 1.82) is 0 Å². The molecule has 2 aromatic carbocycles. The standard InChI is InChI=1S/C19H15N3O5/c1-27-16-10-12(2-7-15(16)23)11-20-21-19(26)13-3-5-14(6-4-13)22-17(24)8-9-18(22)25/h2-11,23H,1H3,(H,21,26)/b20-11+. The van der Waals surface area contributed by atoms with Gasteiger partial charge in [-0.3, -0.25) is 14.4 Å². The number of hydrazone groups is 1. The number of amides is 3. The third-order valence-corrected chi connectivity index (χ3v) is 3.78. The van der Waals surface area contributed by atoms with Crippen LogP contribution in [0.25, 0.3) is 0 Å². The van der Waals surface area contributed by atoms with Crippen LogP contribution in [0, 0.1) is 0 Å². The summed E-state index contributed by atoms with van der Waals surface area (Å²) in [5, 5.41) is 13.4. The molecule has 0 bridgehead atoms. The van der Waals surface area contributed by atoms with Crippen LogP contribution < -0.4 is 15.1 Å². The van der Waals surface area contributed by atoms with Crippen LogP contribution in [-0.4, -0.2) is 36.2 Å². The Hall–Kier alpha value is -3.94. The predicted octanol–water partition coefficient (Wildman–Crippen LogP) is 1.59. The van der Waals surface area contributed by atoms with Gasteiger partial charge in [-0.1, -0.05) is 0 Å². The minimum absolute atomic E-state index is 0.00365. The zero-order valence-corrected chi connectivity index (χ0v) is 14.2. The van der Waals surface area contributed by atoms with E-state index < -0.39 is 17.7 Å². The van der Waals surface area contributed by atoms with Gasteiger partial charge in [0.1, 0.15) is 0 Å². The van der Waals surface area contributed by atoms with Crippen molar-refractivity contribution in [2.45, 2.75) is 0 Å². The minimum Gasteiger partial charge on any atom is -0.504 e. The molecule has 1 aliphatic rings. The second-order valence-electron chi connectivity index (χ2n) is 5.52. The number of imide groups is 1. The second kappa shape index (κ2) is 7.52. The molecular weight excluding hydrogens is 350 g/mol. The van der Waals surface area contributed by atoms with Crippen LogP contribution in [0.5, 0.6) is 11.5 Å². The first kappa shape index (κ1) is 17.9. The van der Waals surface area contributed by atoms with Crippen LogP contribution in [0.4, 0.5) is 5.69 Å². The molecule has 0 radical (unpaired) electrons. The van der Waals surface area contributed by atoms with E-state index in [1.807, 2.05) is 0 Å². The van der Waals surface area contributed by atoms with Crippen molar-refractivity contribution in [2.75, 3.05) is 12.0 Å². The molecule has 1 aliphatic heterocycles. The molecule has 136 valence electrons. The Morgan fingerprint density at radius 2 is 1.78 bits per heavy atom. The fourth-order valence-corrected chi connectivity index (χ4v) is 2.42. The third-order valence-electron chi connectivity index (χ3n) is 3.78. The van der Waals surface area contributed by atoms with Gasteiger partial charge in [0.15, 0.2) is 11.5 Å². The number of nitrogens with zero attached hydrogens (tertiary/aromatic N) is 2. The molecule has 0 unspecified atom stereocenters. The predicted molar refractivity (Wildman–Crippen MR) is 97.8 cm³/mol. The number of aromatic hydroxyl groups is 1. The lowest BCUT2D eigenvalue weighted by atomic mass is 10.2. The van der Waals surface area contributed by atoms with E-state index in [9.17, 15) is 19.5 Å². The van der Waals surface area contributed by atoms with Gasteiger partial charge in [-0.15, -0.1) is 0 Å². The number of nitrogens with one attached hydrogen (secondary N) is 1. The fraction of sp³-hybridized carbons (Fsp3) is 0.0526. The van der Waals surface area contributed by atoms with Crippen molar-refractivity contribution in [3.05, 3.63) is 65.7 Å². The summed E-state index contributed by atoms with van der Waals surface area (Å²) in [5.74, 6) is -1.01. The molecule has 0 saturated carbocycles. The Morgan fingerprint density at radius 3 is 2.41 bits per heavy atom. The molecule has 0 fully saturated rings. The lowest BCUT2D eigenvalue weighted by molar-refractivity contribution is -0.119. The Bertz CT molecular complexity index is 946. The van der Waals surface area contributed by atoms with Gasteiger partial charge < -0.3 is 9.84 Å². The van der Waals surface area contributed by atoms with Crippen molar-refractivity contribution in [2.24, 2.45) is 5.10 Å². The average molecular weight is 365 g/mol. The zero-order chi connectivity index (χ0) is 19.4. The number of phenolic OH excluding ortho intramolecular Hbond substituents is 1. The molecule has 27 heavy (non-hydrogen) atoms. The van der Waals surface area contributed by atoms with E-state index in [1.54, 1.807) is 12.1 Å². The molecule has 3 rings (SSSR count). The van der Waals surface area contributed by atoms with Gasteiger partial charge in [-0.2, -0.15) is 5.10 Å². The number of anilines is 1. The average Bonchev–Trinajstić information content (AvgIpc) is 3.01. The van der Waals surface area contributed by atoms with Gasteiger partial charge >= 0.3 is 0 Å². The quantitative estimate of drug-likeness (QED) is 0.475. The van der Waals surface area contributed by atoms with Gasteiger partial charge in [-0.25, -0.2) is 10.3 Å².